The number of hydrogen-bond acceptors (Lipinski definition) is 4. The van der Waals surface area contributed by atoms with Crippen LogP contribution in [0.3, 0.4) is 0 Å². The molecular formula is C13H19ClN2O2. The van der Waals surface area contributed by atoms with Crippen LogP contribution in [0.4, 0.5) is 5.69 Å². The average Bonchev–Trinajstić information content (AvgIpc) is 2.41. The molecule has 0 saturated carbocycles. The van der Waals surface area contributed by atoms with Gasteiger partial charge in [0.1, 0.15) is 0 Å². The Kier molecular flexibility index (Phi) is 4.83. The van der Waals surface area contributed by atoms with Gasteiger partial charge in [-0.2, -0.15) is 0 Å². The Bertz CT molecular complexity index is 401. The summed E-state index contributed by atoms with van der Waals surface area (Å²) < 4.78 is 5.40. The van der Waals surface area contributed by atoms with Gasteiger partial charge in [0, 0.05) is 29.4 Å². The van der Waals surface area contributed by atoms with Gasteiger partial charge in [-0.3, -0.25) is 0 Å². The number of ether oxygens (including phenoxy) is 1. The van der Waals surface area contributed by atoms with Gasteiger partial charge in [-0.25, -0.2) is 0 Å². The monoisotopic (exact) mass is 270 g/mol. The minimum absolute atomic E-state index is 0.00724. The van der Waals surface area contributed by atoms with E-state index in [9.17, 15) is 5.11 Å². The number of benzene rings is 1. The number of hydrogen-bond donors (Lipinski definition) is 2. The van der Waals surface area contributed by atoms with E-state index in [4.69, 9.17) is 16.3 Å². The van der Waals surface area contributed by atoms with Gasteiger partial charge in [0.05, 0.1) is 25.9 Å². The molecule has 0 bridgehead atoms. The Morgan fingerprint density at radius 3 is 3.11 bits per heavy atom. The van der Waals surface area contributed by atoms with Crippen molar-refractivity contribution < 1.29 is 9.84 Å². The Balaban J connectivity index is 2.33. The standard InChI is InChI=1S/C13H19ClN2O2/c1-15-7-11-12(14)3-2-4-13(11)16-5-6-18-9-10(16)8-17/h2-4,10,15,17H,5-9H2,1H3. The summed E-state index contributed by atoms with van der Waals surface area (Å²) in [6, 6.07) is 5.90. The van der Waals surface area contributed by atoms with Crippen LogP contribution in [0.15, 0.2) is 18.2 Å². The number of aliphatic hydroxyl groups excluding tert-OH is 1. The van der Waals surface area contributed by atoms with Gasteiger partial charge < -0.3 is 20.1 Å². The molecule has 100 valence electrons. The zero-order valence-corrected chi connectivity index (χ0v) is 11.3. The van der Waals surface area contributed by atoms with E-state index in [-0.39, 0.29) is 12.6 Å². The molecule has 18 heavy (non-hydrogen) atoms. The summed E-state index contributed by atoms with van der Waals surface area (Å²) in [5.74, 6) is 0. The molecule has 2 rings (SSSR count). The van der Waals surface area contributed by atoms with Gasteiger partial charge >= 0.3 is 0 Å². The zero-order valence-electron chi connectivity index (χ0n) is 10.5. The summed E-state index contributed by atoms with van der Waals surface area (Å²) in [7, 11) is 1.90. The molecule has 0 aromatic heterocycles. The molecule has 1 aromatic carbocycles. The van der Waals surface area contributed by atoms with E-state index < -0.39 is 0 Å². The lowest BCUT2D eigenvalue weighted by Gasteiger charge is -2.37. The third-order valence-electron chi connectivity index (χ3n) is 3.20. The quantitative estimate of drug-likeness (QED) is 0.865. The van der Waals surface area contributed by atoms with E-state index in [0.29, 0.717) is 19.8 Å². The first kappa shape index (κ1) is 13.6. The molecule has 1 aromatic rings. The highest BCUT2D eigenvalue weighted by Crippen LogP contribution is 2.29. The van der Waals surface area contributed by atoms with Crippen LogP contribution in [0, 0.1) is 0 Å². The maximum absolute atomic E-state index is 9.44. The second-order valence-electron chi connectivity index (χ2n) is 4.37. The van der Waals surface area contributed by atoms with Crippen molar-refractivity contribution in [2.24, 2.45) is 0 Å². The van der Waals surface area contributed by atoms with E-state index in [0.717, 1.165) is 22.8 Å². The van der Waals surface area contributed by atoms with Crippen molar-refractivity contribution in [1.82, 2.24) is 5.32 Å². The van der Waals surface area contributed by atoms with E-state index in [2.05, 4.69) is 10.2 Å². The van der Waals surface area contributed by atoms with E-state index in [1.165, 1.54) is 0 Å². The van der Waals surface area contributed by atoms with Crippen LogP contribution >= 0.6 is 11.6 Å². The summed E-state index contributed by atoms with van der Waals surface area (Å²) in [6.45, 7) is 2.82. The highest BCUT2D eigenvalue weighted by atomic mass is 35.5. The molecule has 1 unspecified atom stereocenters. The van der Waals surface area contributed by atoms with Crippen molar-refractivity contribution in [2.75, 3.05) is 38.3 Å². The van der Waals surface area contributed by atoms with Crippen LogP contribution in [0.25, 0.3) is 0 Å². The summed E-state index contributed by atoms with van der Waals surface area (Å²) in [4.78, 5) is 2.18. The summed E-state index contributed by atoms with van der Waals surface area (Å²) in [5, 5.41) is 13.3. The fourth-order valence-corrected chi connectivity index (χ4v) is 2.53. The number of nitrogens with zero attached hydrogens (tertiary/aromatic N) is 1. The minimum Gasteiger partial charge on any atom is -0.394 e. The molecule has 1 saturated heterocycles. The van der Waals surface area contributed by atoms with Gasteiger partial charge in [0.25, 0.3) is 0 Å². The predicted molar refractivity (Wildman–Crippen MR) is 73.3 cm³/mol. The fourth-order valence-electron chi connectivity index (χ4n) is 2.29. The SMILES string of the molecule is CNCc1c(Cl)cccc1N1CCOCC1CO. The highest BCUT2D eigenvalue weighted by molar-refractivity contribution is 6.31. The van der Waals surface area contributed by atoms with Crippen molar-refractivity contribution in [3.8, 4) is 0 Å². The third kappa shape index (κ3) is 2.78. The predicted octanol–water partition coefficient (Wildman–Crippen LogP) is 1.26. The molecule has 0 radical (unpaired) electrons. The first-order valence-electron chi connectivity index (χ1n) is 6.15. The van der Waals surface area contributed by atoms with Gasteiger partial charge in [0.15, 0.2) is 0 Å². The van der Waals surface area contributed by atoms with Crippen molar-refractivity contribution in [3.05, 3.63) is 28.8 Å². The maximum Gasteiger partial charge on any atom is 0.0755 e. The molecule has 2 N–H and O–H groups in total. The number of halogens is 1. The van der Waals surface area contributed by atoms with Crippen molar-refractivity contribution in [3.63, 3.8) is 0 Å². The summed E-state index contributed by atoms with van der Waals surface area (Å²) >= 11 is 6.26. The summed E-state index contributed by atoms with van der Waals surface area (Å²) in [6.07, 6.45) is 0. The lowest BCUT2D eigenvalue weighted by atomic mass is 10.1. The van der Waals surface area contributed by atoms with E-state index >= 15 is 0 Å². The van der Waals surface area contributed by atoms with Gasteiger partial charge in [0.2, 0.25) is 0 Å². The van der Waals surface area contributed by atoms with Crippen LogP contribution in [-0.2, 0) is 11.3 Å². The van der Waals surface area contributed by atoms with Crippen LogP contribution in [-0.4, -0.2) is 44.6 Å². The van der Waals surface area contributed by atoms with Crippen molar-refractivity contribution in [1.29, 1.82) is 0 Å². The lowest BCUT2D eigenvalue weighted by molar-refractivity contribution is 0.0726. The molecule has 1 atom stereocenters. The Morgan fingerprint density at radius 2 is 2.39 bits per heavy atom. The number of nitrogens with one attached hydrogen (secondary N) is 1. The second kappa shape index (κ2) is 6.38. The fraction of sp³-hybridized carbons (Fsp3) is 0.538. The summed E-state index contributed by atoms with van der Waals surface area (Å²) in [5.41, 5.74) is 2.15. The van der Waals surface area contributed by atoms with E-state index in [1.54, 1.807) is 0 Å². The van der Waals surface area contributed by atoms with Crippen LogP contribution in [0.2, 0.25) is 5.02 Å². The minimum atomic E-state index is 0.00724. The molecule has 1 heterocycles. The molecule has 4 nitrogen and oxygen atoms in total. The molecule has 5 heteroatoms. The third-order valence-corrected chi connectivity index (χ3v) is 3.55. The van der Waals surface area contributed by atoms with Crippen LogP contribution < -0.4 is 10.2 Å². The molecule has 0 spiro atoms. The van der Waals surface area contributed by atoms with Gasteiger partial charge in [-0.15, -0.1) is 0 Å². The molecule has 0 amide bonds. The zero-order chi connectivity index (χ0) is 13.0. The van der Waals surface area contributed by atoms with Crippen molar-refractivity contribution >= 4 is 17.3 Å². The number of aliphatic hydroxyl groups is 1. The molecule has 0 aliphatic carbocycles. The number of rotatable bonds is 4. The van der Waals surface area contributed by atoms with Gasteiger partial charge in [-0.1, -0.05) is 17.7 Å². The molecule has 1 aliphatic heterocycles. The lowest BCUT2D eigenvalue weighted by Crippen LogP contribution is -2.48. The van der Waals surface area contributed by atoms with Crippen molar-refractivity contribution in [2.45, 2.75) is 12.6 Å². The normalized spacial score (nSPS) is 20.2. The highest BCUT2D eigenvalue weighted by Gasteiger charge is 2.24. The second-order valence-corrected chi connectivity index (χ2v) is 4.78. The Morgan fingerprint density at radius 1 is 1.56 bits per heavy atom. The maximum atomic E-state index is 9.44. The Hall–Kier alpha value is -0.810. The number of anilines is 1. The largest absolute Gasteiger partial charge is 0.394 e. The Labute approximate surface area is 113 Å². The topological polar surface area (TPSA) is 44.7 Å². The number of morpholine rings is 1. The first-order chi connectivity index (χ1) is 8.77. The molecular weight excluding hydrogens is 252 g/mol. The van der Waals surface area contributed by atoms with Crippen LogP contribution in [0.1, 0.15) is 5.56 Å². The molecule has 1 fully saturated rings. The average molecular weight is 271 g/mol. The van der Waals surface area contributed by atoms with Crippen LogP contribution in [0.5, 0.6) is 0 Å². The smallest absolute Gasteiger partial charge is 0.0755 e. The van der Waals surface area contributed by atoms with Gasteiger partial charge in [-0.05, 0) is 19.2 Å². The van der Waals surface area contributed by atoms with E-state index in [1.807, 2.05) is 25.2 Å². The molecule has 1 aliphatic rings. The first-order valence-corrected chi connectivity index (χ1v) is 6.53.